The Morgan fingerprint density at radius 1 is 0.320 bits per heavy atom. The number of hydrogen-bond acceptors (Lipinski definition) is 0. The SMILES string of the molecule is CC1(C)c2cc3c4ccccc4n(-c4cccc(-n5c6ccccc6c6cc7c(cc65)C(C)(C)C(C)(C)C7(C)C)c4)c3cc2C(C)(C)C1(C)C. The number of fused-ring (bicyclic) bond motifs is 8. The van der Waals surface area contributed by atoms with Crippen LogP contribution in [0.3, 0.4) is 0 Å². The Balaban J connectivity index is 1.33. The lowest BCUT2D eigenvalue weighted by Gasteiger charge is -2.44. The molecule has 2 heteroatoms. The molecule has 9 rings (SSSR count). The Morgan fingerprint density at radius 2 is 0.660 bits per heavy atom. The molecular formula is C48H52N2. The highest BCUT2D eigenvalue weighted by molar-refractivity contribution is 6.11. The Bertz CT molecular complexity index is 2410. The number of nitrogens with zero attached hydrogens (tertiary/aromatic N) is 2. The van der Waals surface area contributed by atoms with Crippen LogP contribution in [0.4, 0.5) is 0 Å². The summed E-state index contributed by atoms with van der Waals surface area (Å²) in [6, 6.07) is 37.3. The first-order valence-electron chi connectivity index (χ1n) is 18.6. The van der Waals surface area contributed by atoms with Crippen LogP contribution in [0, 0.1) is 10.8 Å². The molecule has 0 unspecified atom stereocenters. The number of hydrogen-bond donors (Lipinski definition) is 0. The van der Waals surface area contributed by atoms with Crippen molar-refractivity contribution < 1.29 is 0 Å². The minimum Gasteiger partial charge on any atom is -0.309 e. The zero-order valence-electron chi connectivity index (χ0n) is 32.1. The van der Waals surface area contributed by atoms with Gasteiger partial charge in [0.25, 0.3) is 0 Å². The first-order valence-corrected chi connectivity index (χ1v) is 18.6. The van der Waals surface area contributed by atoms with Crippen LogP contribution < -0.4 is 0 Å². The molecule has 0 bridgehead atoms. The Hall–Kier alpha value is -4.30. The van der Waals surface area contributed by atoms with E-state index in [9.17, 15) is 0 Å². The quantitative estimate of drug-likeness (QED) is 0.175. The molecule has 5 aromatic carbocycles. The van der Waals surface area contributed by atoms with Gasteiger partial charge in [-0.3, -0.25) is 0 Å². The summed E-state index contributed by atoms with van der Waals surface area (Å²) in [4.78, 5) is 0. The molecule has 2 aliphatic rings. The van der Waals surface area contributed by atoms with Crippen molar-refractivity contribution in [1.82, 2.24) is 9.13 Å². The van der Waals surface area contributed by atoms with Gasteiger partial charge in [0.2, 0.25) is 0 Å². The minimum atomic E-state index is 0.0310. The van der Waals surface area contributed by atoms with E-state index in [4.69, 9.17) is 0 Å². The maximum atomic E-state index is 2.53. The molecule has 0 fully saturated rings. The predicted octanol–water partition coefficient (Wildman–Crippen LogP) is 13.1. The summed E-state index contributed by atoms with van der Waals surface area (Å²) >= 11 is 0. The van der Waals surface area contributed by atoms with E-state index in [1.165, 1.54) is 77.2 Å². The molecule has 7 aromatic rings. The van der Waals surface area contributed by atoms with Gasteiger partial charge in [-0.15, -0.1) is 0 Å². The van der Waals surface area contributed by atoms with E-state index in [1.807, 2.05) is 0 Å². The fourth-order valence-corrected chi connectivity index (χ4v) is 10.3. The monoisotopic (exact) mass is 656 g/mol. The van der Waals surface area contributed by atoms with Crippen LogP contribution in [0.15, 0.2) is 97.1 Å². The Morgan fingerprint density at radius 3 is 1.04 bits per heavy atom. The van der Waals surface area contributed by atoms with Crippen molar-refractivity contribution >= 4 is 43.6 Å². The van der Waals surface area contributed by atoms with Crippen LogP contribution in [0.25, 0.3) is 55.0 Å². The average Bonchev–Trinajstić information content (AvgIpc) is 3.64. The summed E-state index contributed by atoms with van der Waals surface area (Å²) in [5, 5.41) is 5.31. The van der Waals surface area contributed by atoms with Gasteiger partial charge in [-0.05, 0) is 109 Å². The molecule has 0 atom stereocenters. The zero-order valence-corrected chi connectivity index (χ0v) is 32.1. The third-order valence-corrected chi connectivity index (χ3v) is 15.9. The molecule has 2 aliphatic carbocycles. The zero-order chi connectivity index (χ0) is 35.6. The van der Waals surface area contributed by atoms with Crippen LogP contribution in [-0.4, -0.2) is 9.13 Å². The second-order valence-electron chi connectivity index (χ2n) is 18.8. The molecule has 2 nitrogen and oxygen atoms in total. The van der Waals surface area contributed by atoms with Crippen LogP contribution in [0.2, 0.25) is 0 Å². The van der Waals surface area contributed by atoms with Crippen molar-refractivity contribution in [2.75, 3.05) is 0 Å². The summed E-state index contributed by atoms with van der Waals surface area (Å²) < 4.78 is 5.03. The molecule has 2 aromatic heterocycles. The summed E-state index contributed by atoms with van der Waals surface area (Å²) in [5.74, 6) is 0. The smallest absolute Gasteiger partial charge is 0.0544 e. The van der Waals surface area contributed by atoms with Crippen molar-refractivity contribution in [3.05, 3.63) is 119 Å². The van der Waals surface area contributed by atoms with Gasteiger partial charge < -0.3 is 9.13 Å². The normalized spacial score (nSPS) is 20.6. The number of rotatable bonds is 2. The highest BCUT2D eigenvalue weighted by Gasteiger charge is 2.58. The molecule has 0 N–H and O–H groups in total. The van der Waals surface area contributed by atoms with E-state index in [2.05, 4.69) is 189 Å². The first-order chi connectivity index (χ1) is 23.4. The van der Waals surface area contributed by atoms with Gasteiger partial charge in [-0.25, -0.2) is 0 Å². The van der Waals surface area contributed by atoms with Gasteiger partial charge in [0, 0.05) is 32.9 Å². The Kier molecular flexibility index (Phi) is 5.90. The second kappa shape index (κ2) is 9.32. The van der Waals surface area contributed by atoms with E-state index in [1.54, 1.807) is 0 Å². The third-order valence-electron chi connectivity index (χ3n) is 15.9. The van der Waals surface area contributed by atoms with Crippen LogP contribution in [0.1, 0.15) is 105 Å². The molecule has 0 amide bonds. The molecule has 0 saturated carbocycles. The largest absolute Gasteiger partial charge is 0.309 e. The van der Waals surface area contributed by atoms with Crippen molar-refractivity contribution in [2.24, 2.45) is 10.8 Å². The highest BCUT2D eigenvalue weighted by atomic mass is 15.0. The Labute approximate surface area is 298 Å². The van der Waals surface area contributed by atoms with E-state index >= 15 is 0 Å². The summed E-state index contributed by atoms with van der Waals surface area (Å²) in [7, 11) is 0. The molecule has 0 saturated heterocycles. The van der Waals surface area contributed by atoms with Gasteiger partial charge in [0.1, 0.15) is 0 Å². The van der Waals surface area contributed by atoms with Gasteiger partial charge in [-0.1, -0.05) is 126 Å². The number of para-hydroxylation sites is 2. The van der Waals surface area contributed by atoms with E-state index in [0.717, 1.165) is 0 Å². The van der Waals surface area contributed by atoms with Crippen LogP contribution in [0.5, 0.6) is 0 Å². The summed E-state index contributed by atoms with van der Waals surface area (Å²) in [5.41, 5.74) is 13.8. The van der Waals surface area contributed by atoms with E-state index in [0.29, 0.717) is 0 Å². The standard InChI is InChI=1S/C48H52N2/c1-43(2)35-25-33-31-20-13-15-22-39(31)49(41(33)27-37(35)45(5,6)47(43,9)10)29-18-17-19-30(24-29)50-40-23-16-14-21-32(40)34-26-36-38(28-42(34)50)46(7,8)48(11,12)44(36,3)4/h13-28H,1-12H3. The van der Waals surface area contributed by atoms with Gasteiger partial charge in [0.15, 0.2) is 0 Å². The molecule has 0 radical (unpaired) electrons. The molecule has 254 valence electrons. The fourth-order valence-electron chi connectivity index (χ4n) is 10.3. The molecular weight excluding hydrogens is 605 g/mol. The molecule has 2 heterocycles. The van der Waals surface area contributed by atoms with Gasteiger partial charge in [-0.2, -0.15) is 0 Å². The van der Waals surface area contributed by atoms with Crippen molar-refractivity contribution in [2.45, 2.75) is 105 Å². The highest BCUT2D eigenvalue weighted by Crippen LogP contribution is 2.63. The average molecular weight is 657 g/mol. The number of aromatic nitrogens is 2. The lowest BCUT2D eigenvalue weighted by atomic mass is 9.59. The maximum absolute atomic E-state index is 2.53. The van der Waals surface area contributed by atoms with Gasteiger partial charge >= 0.3 is 0 Å². The summed E-state index contributed by atoms with van der Waals surface area (Å²) in [6.45, 7) is 29.4. The van der Waals surface area contributed by atoms with Crippen molar-refractivity contribution in [3.8, 4) is 11.4 Å². The van der Waals surface area contributed by atoms with E-state index in [-0.39, 0.29) is 32.5 Å². The van der Waals surface area contributed by atoms with Crippen LogP contribution in [-0.2, 0) is 21.7 Å². The maximum Gasteiger partial charge on any atom is 0.0544 e. The number of benzene rings is 5. The molecule has 0 spiro atoms. The lowest BCUT2D eigenvalue weighted by molar-refractivity contribution is 0.125. The molecule has 50 heavy (non-hydrogen) atoms. The third kappa shape index (κ3) is 3.46. The first kappa shape index (κ1) is 31.7. The summed E-state index contributed by atoms with van der Waals surface area (Å²) in [6.07, 6.45) is 0. The van der Waals surface area contributed by atoms with Crippen molar-refractivity contribution in [3.63, 3.8) is 0 Å². The molecule has 0 aliphatic heterocycles. The fraction of sp³-hybridized carbons (Fsp3) is 0.375. The topological polar surface area (TPSA) is 9.86 Å². The van der Waals surface area contributed by atoms with Crippen molar-refractivity contribution in [1.29, 1.82) is 0 Å². The lowest BCUT2D eigenvalue weighted by Crippen LogP contribution is -2.42. The second-order valence-corrected chi connectivity index (χ2v) is 18.8. The van der Waals surface area contributed by atoms with Crippen LogP contribution >= 0.6 is 0 Å². The predicted molar refractivity (Wildman–Crippen MR) is 215 cm³/mol. The minimum absolute atomic E-state index is 0.0310. The van der Waals surface area contributed by atoms with E-state index < -0.39 is 0 Å². The van der Waals surface area contributed by atoms with Gasteiger partial charge in [0.05, 0.1) is 22.1 Å².